The zero-order chi connectivity index (χ0) is 26.8. The van der Waals surface area contributed by atoms with Gasteiger partial charge in [0.2, 0.25) is 5.60 Å². The van der Waals surface area contributed by atoms with E-state index in [0.717, 1.165) is 29.5 Å². The minimum Gasteiger partial charge on any atom is -0.369 e. The monoisotopic (exact) mass is 523 g/mol. The second-order valence-corrected chi connectivity index (χ2v) is 10.1. The Morgan fingerprint density at radius 1 is 0.816 bits per heavy atom. The number of halogens is 1. The highest BCUT2D eigenvalue weighted by Crippen LogP contribution is 2.53. The molecule has 1 amide bonds. The van der Waals surface area contributed by atoms with Crippen LogP contribution < -0.4 is 4.90 Å². The lowest BCUT2D eigenvalue weighted by atomic mass is 9.75. The Morgan fingerprint density at radius 3 is 1.79 bits per heavy atom. The summed E-state index contributed by atoms with van der Waals surface area (Å²) in [6.45, 7) is 2.05. The van der Waals surface area contributed by atoms with Crippen LogP contribution in [-0.2, 0) is 20.7 Å². The van der Waals surface area contributed by atoms with E-state index in [9.17, 15) is 14.7 Å². The molecule has 0 saturated heterocycles. The van der Waals surface area contributed by atoms with Crippen LogP contribution in [0.4, 0.5) is 5.69 Å². The molecule has 5 heteroatoms. The quantitative estimate of drug-likeness (QED) is 0.146. The van der Waals surface area contributed by atoms with E-state index in [-0.39, 0.29) is 12.0 Å². The average Bonchev–Trinajstić information content (AvgIpc) is 3.18. The number of fused-ring (bicyclic) bond motifs is 1. The van der Waals surface area contributed by atoms with Crippen molar-refractivity contribution in [3.8, 4) is 0 Å². The molecular weight excluding hydrogens is 494 g/mol. The Labute approximate surface area is 228 Å². The Bertz CT molecular complexity index is 1340. The number of nitrogens with zero attached hydrogens (tertiary/aromatic N) is 1. The fourth-order valence-corrected chi connectivity index (χ4v) is 5.80. The van der Waals surface area contributed by atoms with Crippen LogP contribution in [0.3, 0.4) is 0 Å². The summed E-state index contributed by atoms with van der Waals surface area (Å²) in [5, 5.41) is 12.4. The molecule has 0 fully saturated rings. The molecule has 4 aromatic carbocycles. The molecule has 0 aromatic heterocycles. The van der Waals surface area contributed by atoms with E-state index in [1.54, 1.807) is 23.1 Å². The smallest absolute Gasteiger partial charge is 0.272 e. The molecule has 38 heavy (non-hydrogen) atoms. The molecule has 0 spiro atoms. The molecule has 5 rings (SSSR count). The van der Waals surface area contributed by atoms with Gasteiger partial charge in [-0.1, -0.05) is 122 Å². The minimum absolute atomic E-state index is 0.102. The zero-order valence-corrected chi connectivity index (χ0v) is 22.1. The van der Waals surface area contributed by atoms with Crippen molar-refractivity contribution in [1.82, 2.24) is 0 Å². The van der Waals surface area contributed by atoms with E-state index in [0.29, 0.717) is 17.1 Å². The molecule has 1 atom stereocenters. The predicted octanol–water partition coefficient (Wildman–Crippen LogP) is 7.02. The second kappa shape index (κ2) is 10.6. The molecule has 0 bridgehead atoms. The maximum atomic E-state index is 14.6. The van der Waals surface area contributed by atoms with Crippen LogP contribution in [0.1, 0.15) is 54.9 Å². The lowest BCUT2D eigenvalue weighted by molar-refractivity contribution is -0.150. The summed E-state index contributed by atoms with van der Waals surface area (Å²) >= 11 is 6.39. The molecule has 0 unspecified atom stereocenters. The fraction of sp³-hybridized carbons (Fsp3) is 0.212. The number of carbonyl (C=O) groups excluding carboxylic acids is 2. The maximum Gasteiger partial charge on any atom is 0.272 e. The molecule has 1 aliphatic heterocycles. The van der Waals surface area contributed by atoms with Crippen molar-refractivity contribution in [1.29, 1.82) is 0 Å². The van der Waals surface area contributed by atoms with Crippen molar-refractivity contribution < 1.29 is 14.7 Å². The fourth-order valence-electron chi connectivity index (χ4n) is 5.62. The lowest BCUT2D eigenvalue weighted by Gasteiger charge is -2.44. The van der Waals surface area contributed by atoms with Gasteiger partial charge in [-0.2, -0.15) is 0 Å². The molecule has 0 radical (unpaired) electrons. The van der Waals surface area contributed by atoms with Gasteiger partial charge in [0.15, 0.2) is 5.78 Å². The largest absolute Gasteiger partial charge is 0.369 e. The van der Waals surface area contributed by atoms with Gasteiger partial charge in [-0.15, -0.1) is 0 Å². The summed E-state index contributed by atoms with van der Waals surface area (Å²) in [5.41, 5.74) is -0.334. The van der Waals surface area contributed by atoms with Gasteiger partial charge in [0.05, 0.1) is 5.69 Å². The third-order valence-electron chi connectivity index (χ3n) is 7.42. The van der Waals surface area contributed by atoms with Crippen molar-refractivity contribution in [3.63, 3.8) is 0 Å². The van der Waals surface area contributed by atoms with Crippen LogP contribution in [0.25, 0.3) is 0 Å². The van der Waals surface area contributed by atoms with Crippen LogP contribution in [0.5, 0.6) is 0 Å². The standard InChI is InChI=1S/C33H30ClNO3/c1-2-3-7-20-30(36)33(38)28-23-27(34)21-22-29(28)35(31(33)37)32(24-14-8-4-9-15-24,25-16-10-5-11-17-25)26-18-12-6-13-19-26/h4-6,8-19,21-23,38H,2-3,7,20H2,1H3/t33-/m1/s1. The number of hydrogen-bond donors (Lipinski definition) is 1. The number of amides is 1. The van der Waals surface area contributed by atoms with Gasteiger partial charge in [0.1, 0.15) is 5.54 Å². The molecule has 4 aromatic rings. The lowest BCUT2D eigenvalue weighted by Crippen LogP contribution is -2.55. The maximum absolute atomic E-state index is 14.6. The molecular formula is C33H30ClNO3. The first-order chi connectivity index (χ1) is 18.5. The molecule has 4 nitrogen and oxygen atoms in total. The summed E-state index contributed by atoms with van der Waals surface area (Å²) in [4.78, 5) is 29.9. The number of unbranched alkanes of at least 4 members (excludes halogenated alkanes) is 2. The third-order valence-corrected chi connectivity index (χ3v) is 7.66. The van der Waals surface area contributed by atoms with Crippen LogP contribution in [0.2, 0.25) is 5.02 Å². The number of Topliss-reactive ketones (excluding diaryl/α,β-unsaturated/α-hetero) is 1. The molecule has 0 saturated carbocycles. The van der Waals surface area contributed by atoms with E-state index < -0.39 is 22.8 Å². The van der Waals surface area contributed by atoms with Crippen LogP contribution in [-0.4, -0.2) is 16.8 Å². The summed E-state index contributed by atoms with van der Waals surface area (Å²) < 4.78 is 0. The summed E-state index contributed by atoms with van der Waals surface area (Å²) in [6.07, 6.45) is 2.46. The van der Waals surface area contributed by atoms with Crippen molar-refractivity contribution in [3.05, 3.63) is 136 Å². The van der Waals surface area contributed by atoms with Crippen LogP contribution in [0.15, 0.2) is 109 Å². The SMILES string of the molecule is CCCCCC(=O)[C@@]1(O)C(=O)N(C(c2ccccc2)(c2ccccc2)c2ccccc2)c2ccc(Cl)cc21. The van der Waals surface area contributed by atoms with Crippen LogP contribution in [0, 0.1) is 0 Å². The Morgan fingerprint density at radius 2 is 1.32 bits per heavy atom. The highest BCUT2D eigenvalue weighted by molar-refractivity contribution is 6.31. The number of benzene rings is 4. The molecule has 1 heterocycles. The first-order valence-electron chi connectivity index (χ1n) is 13.0. The van der Waals surface area contributed by atoms with Gasteiger partial charge in [0, 0.05) is 17.0 Å². The van der Waals surface area contributed by atoms with E-state index in [4.69, 9.17) is 11.6 Å². The molecule has 1 N–H and O–H groups in total. The number of aliphatic hydroxyl groups is 1. The van der Waals surface area contributed by atoms with Crippen molar-refractivity contribution >= 4 is 29.0 Å². The van der Waals surface area contributed by atoms with Gasteiger partial charge in [-0.25, -0.2) is 0 Å². The van der Waals surface area contributed by atoms with Gasteiger partial charge in [0.25, 0.3) is 5.91 Å². The highest BCUT2D eigenvalue weighted by Gasteiger charge is 2.60. The Kier molecular flexibility index (Phi) is 7.20. The predicted molar refractivity (Wildman–Crippen MR) is 151 cm³/mol. The number of hydrogen-bond acceptors (Lipinski definition) is 3. The Balaban J connectivity index is 1.84. The topological polar surface area (TPSA) is 57.6 Å². The first-order valence-corrected chi connectivity index (χ1v) is 13.4. The summed E-state index contributed by atoms with van der Waals surface area (Å²) in [6, 6.07) is 34.2. The van der Waals surface area contributed by atoms with Crippen molar-refractivity contribution in [2.45, 2.75) is 43.7 Å². The minimum atomic E-state index is -2.34. The normalized spacial score (nSPS) is 16.9. The van der Waals surface area contributed by atoms with E-state index in [1.165, 1.54) is 0 Å². The third kappa shape index (κ3) is 4.05. The summed E-state index contributed by atoms with van der Waals surface area (Å²) in [7, 11) is 0. The van der Waals surface area contributed by atoms with Crippen molar-refractivity contribution in [2.75, 3.05) is 4.90 Å². The van der Waals surface area contributed by atoms with E-state index in [2.05, 4.69) is 0 Å². The average molecular weight is 524 g/mol. The van der Waals surface area contributed by atoms with Gasteiger partial charge in [-0.05, 0) is 41.3 Å². The van der Waals surface area contributed by atoms with E-state index >= 15 is 0 Å². The number of anilines is 1. The Hall–Kier alpha value is -3.73. The number of ketones is 1. The number of carbonyl (C=O) groups is 2. The first kappa shape index (κ1) is 25.9. The van der Waals surface area contributed by atoms with Gasteiger partial charge < -0.3 is 5.11 Å². The second-order valence-electron chi connectivity index (χ2n) is 9.70. The van der Waals surface area contributed by atoms with Gasteiger partial charge >= 0.3 is 0 Å². The molecule has 0 aliphatic carbocycles. The highest BCUT2D eigenvalue weighted by atomic mass is 35.5. The molecule has 192 valence electrons. The number of rotatable bonds is 9. The van der Waals surface area contributed by atoms with Crippen molar-refractivity contribution in [2.24, 2.45) is 0 Å². The van der Waals surface area contributed by atoms with Crippen LogP contribution >= 0.6 is 11.6 Å². The molecule has 1 aliphatic rings. The van der Waals surface area contributed by atoms with E-state index in [1.807, 2.05) is 97.9 Å². The van der Waals surface area contributed by atoms with Gasteiger partial charge in [-0.3, -0.25) is 14.5 Å². The summed E-state index contributed by atoms with van der Waals surface area (Å²) in [5.74, 6) is -1.18. The zero-order valence-electron chi connectivity index (χ0n) is 21.3.